The van der Waals surface area contributed by atoms with Crippen molar-refractivity contribution in [1.82, 2.24) is 9.97 Å². The van der Waals surface area contributed by atoms with E-state index in [-0.39, 0.29) is 0 Å². The number of nitrogens with zero attached hydrogens (tertiary/aromatic N) is 3. The maximum atomic E-state index is 4.84. The van der Waals surface area contributed by atoms with Crippen molar-refractivity contribution < 1.29 is 4.57 Å². The first-order chi connectivity index (χ1) is 15.0. The molecule has 0 N–H and O–H groups in total. The van der Waals surface area contributed by atoms with Crippen LogP contribution in [0.1, 0.15) is 54.0 Å². The van der Waals surface area contributed by atoms with Crippen LogP contribution in [0.5, 0.6) is 0 Å². The summed E-state index contributed by atoms with van der Waals surface area (Å²) < 4.78 is 2.24. The maximum absolute atomic E-state index is 4.84. The van der Waals surface area contributed by atoms with Gasteiger partial charge in [0.25, 0.3) is 0 Å². The van der Waals surface area contributed by atoms with Gasteiger partial charge in [-0.15, -0.1) is 0 Å². The third-order valence-electron chi connectivity index (χ3n) is 6.94. The molecule has 0 bridgehead atoms. The molecule has 0 aliphatic heterocycles. The Morgan fingerprint density at radius 1 is 0.903 bits per heavy atom. The van der Waals surface area contributed by atoms with Gasteiger partial charge in [-0.25, -0.2) is 4.57 Å². The Balaban J connectivity index is 1.64. The summed E-state index contributed by atoms with van der Waals surface area (Å²) in [5.74, 6) is 0.590. The van der Waals surface area contributed by atoms with E-state index in [4.69, 9.17) is 9.97 Å². The number of hydrogen-bond donors (Lipinski definition) is 0. The fourth-order valence-corrected chi connectivity index (χ4v) is 5.08. The Morgan fingerprint density at radius 3 is 2.45 bits per heavy atom. The first kappa shape index (κ1) is 19.9. The van der Waals surface area contributed by atoms with Crippen LogP contribution in [0.25, 0.3) is 33.3 Å². The minimum absolute atomic E-state index is 0.590. The number of aryl methyl sites for hydroxylation is 3. The van der Waals surface area contributed by atoms with Crippen molar-refractivity contribution >= 4 is 10.8 Å². The summed E-state index contributed by atoms with van der Waals surface area (Å²) in [7, 11) is 2.13. The summed E-state index contributed by atoms with van der Waals surface area (Å²) in [4.78, 5) is 9.66. The average molecular weight is 409 g/mol. The quantitative estimate of drug-likeness (QED) is 0.369. The van der Waals surface area contributed by atoms with Crippen molar-refractivity contribution in [2.75, 3.05) is 0 Å². The molecule has 1 aliphatic rings. The van der Waals surface area contributed by atoms with E-state index in [1.165, 1.54) is 64.4 Å². The minimum Gasteiger partial charge on any atom is -0.257 e. The first-order valence-electron chi connectivity index (χ1n) is 11.3. The fourth-order valence-electron chi connectivity index (χ4n) is 5.08. The highest BCUT2D eigenvalue weighted by molar-refractivity contribution is 5.96. The number of fused-ring (bicyclic) bond motifs is 1. The van der Waals surface area contributed by atoms with Crippen LogP contribution in [0.3, 0.4) is 0 Å². The van der Waals surface area contributed by atoms with E-state index in [0.29, 0.717) is 5.92 Å². The van der Waals surface area contributed by atoms with Gasteiger partial charge in [-0.3, -0.25) is 9.97 Å². The van der Waals surface area contributed by atoms with Crippen LogP contribution >= 0.6 is 0 Å². The van der Waals surface area contributed by atoms with E-state index in [2.05, 4.69) is 75.0 Å². The molecule has 1 aliphatic carbocycles. The van der Waals surface area contributed by atoms with Crippen LogP contribution in [-0.2, 0) is 7.05 Å². The summed E-state index contributed by atoms with van der Waals surface area (Å²) in [6, 6.07) is 13.3. The largest absolute Gasteiger partial charge is 0.257 e. The van der Waals surface area contributed by atoms with E-state index in [9.17, 15) is 0 Å². The van der Waals surface area contributed by atoms with E-state index in [0.717, 1.165) is 17.0 Å². The lowest BCUT2D eigenvalue weighted by molar-refractivity contribution is -0.659. The normalized spacial score (nSPS) is 14.5. The van der Waals surface area contributed by atoms with E-state index >= 15 is 0 Å². The number of rotatable bonds is 3. The van der Waals surface area contributed by atoms with Gasteiger partial charge in [-0.1, -0.05) is 36.6 Å². The van der Waals surface area contributed by atoms with E-state index < -0.39 is 0 Å². The lowest BCUT2D eigenvalue weighted by Gasteiger charge is -2.12. The molecule has 1 saturated carbocycles. The second kappa shape index (κ2) is 7.88. The highest BCUT2D eigenvalue weighted by Gasteiger charge is 2.20. The summed E-state index contributed by atoms with van der Waals surface area (Å²) in [6.07, 6.45) is 11.3. The monoisotopic (exact) mass is 408 g/mol. The van der Waals surface area contributed by atoms with Gasteiger partial charge >= 0.3 is 0 Å². The predicted molar refractivity (Wildman–Crippen MR) is 127 cm³/mol. The topological polar surface area (TPSA) is 29.7 Å². The van der Waals surface area contributed by atoms with Gasteiger partial charge in [0.15, 0.2) is 6.20 Å². The smallest absolute Gasteiger partial charge is 0.213 e. The Kier molecular flexibility index (Phi) is 5.05. The second-order valence-corrected chi connectivity index (χ2v) is 9.14. The Hall–Kier alpha value is -3.07. The van der Waals surface area contributed by atoms with Crippen LogP contribution in [0.2, 0.25) is 0 Å². The zero-order valence-electron chi connectivity index (χ0n) is 18.9. The third kappa shape index (κ3) is 3.63. The first-order valence-corrected chi connectivity index (χ1v) is 11.3. The van der Waals surface area contributed by atoms with Crippen LogP contribution in [0.15, 0.2) is 55.0 Å². The number of benzene rings is 2. The van der Waals surface area contributed by atoms with Crippen LogP contribution in [-0.4, -0.2) is 9.97 Å². The van der Waals surface area contributed by atoms with Gasteiger partial charge in [0.2, 0.25) is 5.69 Å². The maximum Gasteiger partial charge on any atom is 0.213 e. The molecular weight excluding hydrogens is 378 g/mol. The summed E-state index contributed by atoms with van der Waals surface area (Å²) in [5.41, 5.74) is 9.71. The second-order valence-electron chi connectivity index (χ2n) is 9.14. The van der Waals surface area contributed by atoms with Crippen molar-refractivity contribution in [3.63, 3.8) is 0 Å². The van der Waals surface area contributed by atoms with Gasteiger partial charge in [-0.05, 0) is 56.9 Å². The standard InChI is InChI=1S/C28H30N3/c1-18-12-19(2)20(3)24(13-18)28-14-25-22(17-31(28)4)10-7-11-23(25)27-16-29-26(15-30-27)21-8-5-6-9-21/h7,10-17,21H,5-6,8-9H2,1-4H3/q+1. The number of aromatic nitrogens is 3. The van der Waals surface area contributed by atoms with Crippen LogP contribution in [0, 0.1) is 20.8 Å². The molecule has 0 spiro atoms. The summed E-state index contributed by atoms with van der Waals surface area (Å²) >= 11 is 0. The molecule has 0 unspecified atom stereocenters. The molecule has 156 valence electrons. The molecule has 3 nitrogen and oxygen atoms in total. The van der Waals surface area contributed by atoms with Crippen molar-refractivity contribution in [2.24, 2.45) is 7.05 Å². The Labute approximate surface area is 184 Å². The molecule has 5 rings (SSSR count). The Bertz CT molecular complexity index is 1270. The lowest BCUT2D eigenvalue weighted by atomic mass is 9.95. The number of hydrogen-bond acceptors (Lipinski definition) is 2. The molecule has 1 fully saturated rings. The molecule has 0 amide bonds. The molecule has 2 aromatic carbocycles. The third-order valence-corrected chi connectivity index (χ3v) is 6.94. The van der Waals surface area contributed by atoms with Gasteiger partial charge in [0.05, 0.1) is 17.6 Å². The number of pyridine rings is 1. The minimum atomic E-state index is 0.590. The van der Waals surface area contributed by atoms with Gasteiger partial charge in [0, 0.05) is 40.1 Å². The van der Waals surface area contributed by atoms with Gasteiger partial charge < -0.3 is 0 Å². The average Bonchev–Trinajstić information content (AvgIpc) is 3.30. The molecule has 2 aromatic heterocycles. The van der Waals surface area contributed by atoms with Crippen molar-refractivity contribution in [3.05, 3.63) is 77.4 Å². The SMILES string of the molecule is Cc1cc(C)c(C)c(-c2cc3c(-c4cnc(C5CCCC5)cn4)cccc3c[n+]2C)c1. The molecule has 0 radical (unpaired) electrons. The molecule has 0 atom stereocenters. The molecule has 3 heteroatoms. The van der Waals surface area contributed by atoms with Gasteiger partial charge in [0.1, 0.15) is 7.05 Å². The molecule has 31 heavy (non-hydrogen) atoms. The molecular formula is C28H30N3+. The van der Waals surface area contributed by atoms with Crippen LogP contribution in [0.4, 0.5) is 0 Å². The summed E-state index contributed by atoms with van der Waals surface area (Å²) in [5, 5.41) is 2.43. The molecule has 4 aromatic rings. The van der Waals surface area contributed by atoms with Crippen molar-refractivity contribution in [1.29, 1.82) is 0 Å². The van der Waals surface area contributed by atoms with Crippen molar-refractivity contribution in [3.8, 4) is 22.5 Å². The zero-order chi connectivity index (χ0) is 21.5. The van der Waals surface area contributed by atoms with E-state index in [1.807, 2.05) is 12.4 Å². The Morgan fingerprint density at radius 2 is 1.71 bits per heavy atom. The highest BCUT2D eigenvalue weighted by atomic mass is 14.9. The van der Waals surface area contributed by atoms with Crippen molar-refractivity contribution in [2.45, 2.75) is 52.4 Å². The van der Waals surface area contributed by atoms with Gasteiger partial charge in [-0.2, -0.15) is 0 Å². The lowest BCUT2D eigenvalue weighted by Crippen LogP contribution is -2.30. The predicted octanol–water partition coefficient (Wildman–Crippen LogP) is 6.37. The van der Waals surface area contributed by atoms with Crippen LogP contribution < -0.4 is 4.57 Å². The fraction of sp³-hybridized carbons (Fsp3) is 0.321. The molecule has 0 saturated heterocycles. The molecule has 2 heterocycles. The summed E-state index contributed by atoms with van der Waals surface area (Å²) in [6.45, 7) is 6.58. The van der Waals surface area contributed by atoms with E-state index in [1.54, 1.807) is 0 Å². The zero-order valence-corrected chi connectivity index (χ0v) is 18.9. The highest BCUT2D eigenvalue weighted by Crippen LogP contribution is 2.34.